The number of hydrogen-bond acceptors (Lipinski definition) is 4. The van der Waals surface area contributed by atoms with Crippen LogP contribution >= 0.6 is 23.2 Å². The molecule has 0 saturated heterocycles. The van der Waals surface area contributed by atoms with Crippen molar-refractivity contribution in [2.45, 2.75) is 26.8 Å². The van der Waals surface area contributed by atoms with E-state index in [1.807, 2.05) is 24.5 Å². The highest BCUT2D eigenvalue weighted by Gasteiger charge is 2.16. The molecule has 3 aromatic rings. The third kappa shape index (κ3) is 2.63. The third-order valence-electron chi connectivity index (χ3n) is 3.45. The molecule has 0 aliphatic heterocycles. The van der Waals surface area contributed by atoms with Crippen LogP contribution in [-0.4, -0.2) is 25.6 Å². The van der Waals surface area contributed by atoms with Gasteiger partial charge < -0.3 is 9.09 Å². The standard InChI is InChI=1S/C14H14Cl2N4O/c1-8-11(9(2)21-19-8)7-20-13(3-4-15)18-12-5-10(16)6-17-14(12)20/h5-6H,3-4,7H2,1-2H3. The molecule has 5 nitrogen and oxygen atoms in total. The number of rotatable bonds is 4. The van der Waals surface area contributed by atoms with Gasteiger partial charge in [0.05, 0.1) is 17.3 Å². The van der Waals surface area contributed by atoms with E-state index in [2.05, 4.69) is 15.1 Å². The molecule has 0 N–H and O–H groups in total. The van der Waals surface area contributed by atoms with Gasteiger partial charge in [-0.2, -0.15) is 0 Å². The number of alkyl halides is 1. The fourth-order valence-electron chi connectivity index (χ4n) is 2.36. The lowest BCUT2D eigenvalue weighted by atomic mass is 10.2. The Balaban J connectivity index is 2.13. The number of aryl methyl sites for hydroxylation is 3. The van der Waals surface area contributed by atoms with Crippen molar-refractivity contribution >= 4 is 34.4 Å². The van der Waals surface area contributed by atoms with Crippen LogP contribution in [0.25, 0.3) is 11.2 Å². The van der Waals surface area contributed by atoms with Crippen LogP contribution in [0.4, 0.5) is 0 Å². The van der Waals surface area contributed by atoms with Crippen molar-refractivity contribution in [1.29, 1.82) is 0 Å². The number of fused-ring (bicyclic) bond motifs is 1. The lowest BCUT2D eigenvalue weighted by Crippen LogP contribution is -2.08. The van der Waals surface area contributed by atoms with Gasteiger partial charge in [0, 0.05) is 24.1 Å². The van der Waals surface area contributed by atoms with Crippen LogP contribution < -0.4 is 0 Å². The van der Waals surface area contributed by atoms with E-state index < -0.39 is 0 Å². The maximum absolute atomic E-state index is 5.99. The normalized spacial score (nSPS) is 11.4. The van der Waals surface area contributed by atoms with Gasteiger partial charge in [-0.15, -0.1) is 11.6 Å². The first-order chi connectivity index (χ1) is 10.1. The van der Waals surface area contributed by atoms with Crippen molar-refractivity contribution in [2.24, 2.45) is 0 Å². The van der Waals surface area contributed by atoms with Crippen LogP contribution in [-0.2, 0) is 13.0 Å². The molecule has 0 aliphatic carbocycles. The molecule has 21 heavy (non-hydrogen) atoms. The molecule has 0 atom stereocenters. The zero-order chi connectivity index (χ0) is 15.0. The third-order valence-corrected chi connectivity index (χ3v) is 3.84. The quantitative estimate of drug-likeness (QED) is 0.689. The van der Waals surface area contributed by atoms with Crippen LogP contribution in [0, 0.1) is 13.8 Å². The summed E-state index contributed by atoms with van der Waals surface area (Å²) in [5.41, 5.74) is 3.48. The first kappa shape index (κ1) is 14.4. The minimum atomic E-state index is 0.499. The lowest BCUT2D eigenvalue weighted by Gasteiger charge is -2.07. The minimum Gasteiger partial charge on any atom is -0.361 e. The molecule has 0 saturated carbocycles. The second kappa shape index (κ2) is 5.66. The van der Waals surface area contributed by atoms with Crippen LogP contribution in [0.3, 0.4) is 0 Å². The van der Waals surface area contributed by atoms with Gasteiger partial charge in [-0.3, -0.25) is 0 Å². The highest BCUT2D eigenvalue weighted by atomic mass is 35.5. The Bertz CT molecular complexity index is 774. The van der Waals surface area contributed by atoms with E-state index in [-0.39, 0.29) is 0 Å². The second-order valence-electron chi connectivity index (χ2n) is 4.85. The number of halogens is 2. The first-order valence-electron chi connectivity index (χ1n) is 6.58. The van der Waals surface area contributed by atoms with Crippen molar-refractivity contribution < 1.29 is 4.52 Å². The SMILES string of the molecule is Cc1noc(C)c1Cn1c(CCCl)nc2cc(Cl)cnc21. The second-order valence-corrected chi connectivity index (χ2v) is 5.67. The summed E-state index contributed by atoms with van der Waals surface area (Å²) < 4.78 is 7.27. The molecule has 0 aromatic carbocycles. The summed E-state index contributed by atoms with van der Waals surface area (Å²) in [6, 6.07) is 1.81. The molecule has 0 aliphatic rings. The maximum atomic E-state index is 5.99. The molecule has 0 fully saturated rings. The van der Waals surface area contributed by atoms with Crippen molar-refractivity contribution in [3.05, 3.63) is 40.1 Å². The van der Waals surface area contributed by atoms with Crippen molar-refractivity contribution in [2.75, 3.05) is 5.88 Å². The molecule has 3 rings (SSSR count). The molecule has 0 amide bonds. The summed E-state index contributed by atoms with van der Waals surface area (Å²) in [7, 11) is 0. The molecule has 0 radical (unpaired) electrons. The van der Waals surface area contributed by atoms with E-state index in [1.54, 1.807) is 6.20 Å². The van der Waals surface area contributed by atoms with Crippen LogP contribution in [0.5, 0.6) is 0 Å². The van der Waals surface area contributed by atoms with Crippen LogP contribution in [0.1, 0.15) is 22.8 Å². The monoisotopic (exact) mass is 324 g/mol. The van der Waals surface area contributed by atoms with Gasteiger partial charge in [-0.05, 0) is 19.9 Å². The van der Waals surface area contributed by atoms with Crippen LogP contribution in [0.2, 0.25) is 5.02 Å². The van der Waals surface area contributed by atoms with E-state index in [1.165, 1.54) is 0 Å². The van der Waals surface area contributed by atoms with E-state index in [9.17, 15) is 0 Å². The molecular weight excluding hydrogens is 311 g/mol. The van der Waals surface area contributed by atoms with Crippen LogP contribution in [0.15, 0.2) is 16.8 Å². The summed E-state index contributed by atoms with van der Waals surface area (Å²) >= 11 is 11.9. The Morgan fingerprint density at radius 3 is 2.81 bits per heavy atom. The smallest absolute Gasteiger partial charge is 0.160 e. The Hall–Kier alpha value is -1.59. The molecular formula is C14H14Cl2N4O. The number of hydrogen-bond donors (Lipinski definition) is 0. The van der Waals surface area contributed by atoms with E-state index >= 15 is 0 Å². The Morgan fingerprint density at radius 1 is 1.33 bits per heavy atom. The Morgan fingerprint density at radius 2 is 2.14 bits per heavy atom. The highest BCUT2D eigenvalue weighted by Crippen LogP contribution is 2.22. The van der Waals surface area contributed by atoms with Gasteiger partial charge in [0.1, 0.15) is 17.1 Å². The number of pyridine rings is 1. The largest absolute Gasteiger partial charge is 0.361 e. The highest BCUT2D eigenvalue weighted by molar-refractivity contribution is 6.31. The van der Waals surface area contributed by atoms with Gasteiger partial charge in [0.15, 0.2) is 5.65 Å². The summed E-state index contributed by atoms with van der Waals surface area (Å²) in [5, 5.41) is 4.56. The molecule has 3 aromatic heterocycles. The fraction of sp³-hybridized carbons (Fsp3) is 0.357. The molecule has 0 bridgehead atoms. The predicted molar refractivity (Wildman–Crippen MR) is 82.0 cm³/mol. The minimum absolute atomic E-state index is 0.499. The van der Waals surface area contributed by atoms with Gasteiger partial charge in [0.2, 0.25) is 0 Å². The zero-order valence-electron chi connectivity index (χ0n) is 11.7. The van der Waals surface area contributed by atoms with Gasteiger partial charge in [-0.1, -0.05) is 16.8 Å². The van der Waals surface area contributed by atoms with Gasteiger partial charge in [-0.25, -0.2) is 9.97 Å². The zero-order valence-corrected chi connectivity index (χ0v) is 13.2. The molecule has 0 unspecified atom stereocenters. The topological polar surface area (TPSA) is 56.7 Å². The molecule has 110 valence electrons. The summed E-state index contributed by atoms with van der Waals surface area (Å²) in [5.74, 6) is 2.19. The number of imidazole rings is 1. The van der Waals surface area contributed by atoms with Crippen molar-refractivity contribution in [3.63, 3.8) is 0 Å². The van der Waals surface area contributed by atoms with Crippen molar-refractivity contribution in [1.82, 2.24) is 19.7 Å². The maximum Gasteiger partial charge on any atom is 0.160 e. The molecule has 0 spiro atoms. The number of nitrogens with zero attached hydrogens (tertiary/aromatic N) is 4. The lowest BCUT2D eigenvalue weighted by molar-refractivity contribution is 0.392. The summed E-state index contributed by atoms with van der Waals surface area (Å²) in [6.07, 6.45) is 2.29. The Kier molecular flexibility index (Phi) is 3.87. The van der Waals surface area contributed by atoms with Crippen molar-refractivity contribution in [3.8, 4) is 0 Å². The Labute approximate surface area is 131 Å². The van der Waals surface area contributed by atoms with E-state index in [0.29, 0.717) is 23.9 Å². The van der Waals surface area contributed by atoms with Gasteiger partial charge >= 0.3 is 0 Å². The average molecular weight is 325 g/mol. The molecule has 3 heterocycles. The fourth-order valence-corrected chi connectivity index (χ4v) is 2.68. The average Bonchev–Trinajstić information content (AvgIpc) is 2.94. The predicted octanol–water partition coefficient (Wildman–Crippen LogP) is 3.52. The van der Waals surface area contributed by atoms with Gasteiger partial charge in [0.25, 0.3) is 0 Å². The van der Waals surface area contributed by atoms with E-state index in [4.69, 9.17) is 27.7 Å². The summed E-state index contributed by atoms with van der Waals surface area (Å²) in [4.78, 5) is 8.98. The number of aromatic nitrogens is 4. The summed E-state index contributed by atoms with van der Waals surface area (Å²) in [6.45, 7) is 4.44. The first-order valence-corrected chi connectivity index (χ1v) is 7.49. The van der Waals surface area contributed by atoms with E-state index in [0.717, 1.165) is 34.0 Å². The molecule has 7 heteroatoms.